The lowest BCUT2D eigenvalue weighted by Crippen LogP contribution is -2.08. The van der Waals surface area contributed by atoms with Crippen LogP contribution in [-0.2, 0) is 0 Å². The highest BCUT2D eigenvalue weighted by Crippen LogP contribution is 2.35. The molecule has 3 aromatic rings. The summed E-state index contributed by atoms with van der Waals surface area (Å²) < 4.78 is 6.16. The minimum atomic E-state index is -0.187. The quantitative estimate of drug-likeness (QED) is 0.788. The predicted molar refractivity (Wildman–Crippen MR) is 77.2 cm³/mol. The smallest absolute Gasteiger partial charge is 0.272 e. The van der Waals surface area contributed by atoms with Gasteiger partial charge in [-0.1, -0.05) is 11.6 Å². The summed E-state index contributed by atoms with van der Waals surface area (Å²) in [5.41, 5.74) is 1.31. The minimum Gasteiger partial charge on any atom is -0.496 e. The van der Waals surface area contributed by atoms with Gasteiger partial charge in [0.25, 0.3) is 5.56 Å². The Kier molecular flexibility index (Phi) is 3.00. The summed E-state index contributed by atoms with van der Waals surface area (Å²) >= 11 is 7.43. The zero-order valence-electron chi connectivity index (χ0n) is 9.94. The molecule has 0 atom stereocenters. The molecule has 0 spiro atoms. The number of nitrogens with one attached hydrogen (secondary N) is 1. The Morgan fingerprint density at radius 1 is 1.37 bits per heavy atom. The van der Waals surface area contributed by atoms with E-state index in [1.165, 1.54) is 11.3 Å². The fraction of sp³-hybridized carbons (Fsp3) is 0.0769. The van der Waals surface area contributed by atoms with E-state index in [9.17, 15) is 4.79 Å². The normalized spacial score (nSPS) is 10.8. The number of ether oxygens (including phenoxy) is 1. The van der Waals surface area contributed by atoms with Gasteiger partial charge in [0.1, 0.15) is 11.4 Å². The van der Waals surface area contributed by atoms with Crippen LogP contribution in [0.15, 0.2) is 34.4 Å². The molecule has 2 heterocycles. The molecule has 1 N–H and O–H groups in total. The van der Waals surface area contributed by atoms with Crippen LogP contribution in [-0.4, -0.2) is 17.3 Å². The Hall–Kier alpha value is -1.85. The number of nitrogens with zero attached hydrogens (tertiary/aromatic N) is 1. The number of methoxy groups -OCH3 is 1. The maximum absolute atomic E-state index is 11.7. The lowest BCUT2D eigenvalue weighted by atomic mass is 10.1. The van der Waals surface area contributed by atoms with Gasteiger partial charge in [-0.3, -0.25) is 4.79 Å². The van der Waals surface area contributed by atoms with Gasteiger partial charge in [0.05, 0.1) is 17.2 Å². The summed E-state index contributed by atoms with van der Waals surface area (Å²) in [6.07, 6.45) is 0. The van der Waals surface area contributed by atoms with Gasteiger partial charge in [0, 0.05) is 10.6 Å². The van der Waals surface area contributed by atoms with Gasteiger partial charge in [0.15, 0.2) is 0 Å². The second kappa shape index (κ2) is 4.68. The lowest BCUT2D eigenvalue weighted by molar-refractivity contribution is 0.416. The summed E-state index contributed by atoms with van der Waals surface area (Å²) in [7, 11) is 1.58. The summed E-state index contributed by atoms with van der Waals surface area (Å²) in [5, 5.41) is 9.73. The molecule has 96 valence electrons. The SMILES string of the molecule is COc1cc(Cl)ccc1-c1n[nH]c(=O)c2ccsc12. The van der Waals surface area contributed by atoms with Crippen molar-refractivity contribution in [3.63, 3.8) is 0 Å². The first-order valence-corrected chi connectivity index (χ1v) is 6.76. The number of H-pyrrole nitrogens is 1. The van der Waals surface area contributed by atoms with Crippen molar-refractivity contribution in [2.24, 2.45) is 0 Å². The summed E-state index contributed by atoms with van der Waals surface area (Å²) in [6, 6.07) is 7.11. The number of aromatic nitrogens is 2. The molecule has 2 aromatic heterocycles. The number of thiophene rings is 1. The Labute approximate surface area is 117 Å². The van der Waals surface area contributed by atoms with Gasteiger partial charge in [-0.05, 0) is 29.6 Å². The van der Waals surface area contributed by atoms with Crippen molar-refractivity contribution < 1.29 is 4.74 Å². The van der Waals surface area contributed by atoms with E-state index < -0.39 is 0 Å². The molecule has 0 bridgehead atoms. The van der Waals surface area contributed by atoms with Crippen LogP contribution in [0, 0.1) is 0 Å². The predicted octanol–water partition coefficient (Wildman–Crippen LogP) is 3.31. The lowest BCUT2D eigenvalue weighted by Gasteiger charge is -2.08. The Morgan fingerprint density at radius 2 is 2.21 bits per heavy atom. The van der Waals surface area contributed by atoms with E-state index in [2.05, 4.69) is 10.2 Å². The van der Waals surface area contributed by atoms with Crippen molar-refractivity contribution >= 4 is 33.0 Å². The Balaban J connectivity index is 2.33. The van der Waals surface area contributed by atoms with Crippen molar-refractivity contribution in [2.75, 3.05) is 7.11 Å². The van der Waals surface area contributed by atoms with E-state index in [0.717, 1.165) is 10.3 Å². The van der Waals surface area contributed by atoms with Crippen molar-refractivity contribution in [3.8, 4) is 17.0 Å². The van der Waals surface area contributed by atoms with Gasteiger partial charge in [0.2, 0.25) is 0 Å². The fourth-order valence-electron chi connectivity index (χ4n) is 1.93. The Morgan fingerprint density at radius 3 is 3.00 bits per heavy atom. The maximum atomic E-state index is 11.7. The molecule has 0 unspecified atom stereocenters. The van der Waals surface area contributed by atoms with E-state index in [-0.39, 0.29) is 5.56 Å². The van der Waals surface area contributed by atoms with Gasteiger partial charge < -0.3 is 4.74 Å². The first kappa shape index (κ1) is 12.2. The highest BCUT2D eigenvalue weighted by Gasteiger charge is 2.14. The topological polar surface area (TPSA) is 55.0 Å². The zero-order valence-corrected chi connectivity index (χ0v) is 11.5. The van der Waals surface area contributed by atoms with Crippen LogP contribution in [0.2, 0.25) is 5.02 Å². The number of hydrogen-bond acceptors (Lipinski definition) is 4. The van der Waals surface area contributed by atoms with E-state index in [4.69, 9.17) is 16.3 Å². The first-order valence-electron chi connectivity index (χ1n) is 5.50. The van der Waals surface area contributed by atoms with E-state index in [0.29, 0.717) is 21.9 Å². The number of benzene rings is 1. The van der Waals surface area contributed by atoms with Crippen molar-refractivity contribution in [2.45, 2.75) is 0 Å². The number of aromatic amines is 1. The number of rotatable bonds is 2. The molecule has 6 heteroatoms. The first-order chi connectivity index (χ1) is 9.20. The van der Waals surface area contributed by atoms with Crippen LogP contribution in [0.25, 0.3) is 21.3 Å². The number of halogens is 1. The van der Waals surface area contributed by atoms with Crippen molar-refractivity contribution in [3.05, 3.63) is 45.0 Å². The molecule has 0 aliphatic carbocycles. The molecule has 0 amide bonds. The summed E-state index contributed by atoms with van der Waals surface area (Å²) in [4.78, 5) is 11.7. The van der Waals surface area contributed by atoms with Crippen LogP contribution in [0.3, 0.4) is 0 Å². The molecule has 0 saturated carbocycles. The van der Waals surface area contributed by atoms with E-state index in [1.54, 1.807) is 25.3 Å². The Bertz CT molecular complexity index is 810. The van der Waals surface area contributed by atoms with Crippen molar-refractivity contribution in [1.82, 2.24) is 10.2 Å². The molecule has 1 aromatic carbocycles. The minimum absolute atomic E-state index is 0.187. The second-order valence-corrected chi connectivity index (χ2v) is 5.26. The molecule has 19 heavy (non-hydrogen) atoms. The third-order valence-electron chi connectivity index (χ3n) is 2.81. The van der Waals surface area contributed by atoms with Crippen molar-refractivity contribution in [1.29, 1.82) is 0 Å². The molecule has 0 fully saturated rings. The second-order valence-electron chi connectivity index (χ2n) is 3.91. The zero-order chi connectivity index (χ0) is 13.4. The molecule has 0 aliphatic rings. The highest BCUT2D eigenvalue weighted by molar-refractivity contribution is 7.17. The monoisotopic (exact) mass is 292 g/mol. The molecule has 0 radical (unpaired) electrons. The molecular formula is C13H9ClN2O2S. The van der Waals surface area contributed by atoms with Gasteiger partial charge >= 0.3 is 0 Å². The molecule has 0 saturated heterocycles. The number of hydrogen-bond donors (Lipinski definition) is 1. The van der Waals surface area contributed by atoms with Gasteiger partial charge in [-0.25, -0.2) is 5.10 Å². The van der Waals surface area contributed by atoms with Crippen LogP contribution in [0.4, 0.5) is 0 Å². The third-order valence-corrected chi connectivity index (χ3v) is 3.97. The van der Waals surface area contributed by atoms with Gasteiger partial charge in [-0.2, -0.15) is 5.10 Å². The van der Waals surface area contributed by atoms with E-state index in [1.807, 2.05) is 11.4 Å². The average Bonchev–Trinajstić information content (AvgIpc) is 2.90. The summed E-state index contributed by atoms with van der Waals surface area (Å²) in [5.74, 6) is 0.627. The molecule has 3 rings (SSSR count). The molecular weight excluding hydrogens is 284 g/mol. The van der Waals surface area contributed by atoms with Crippen LogP contribution < -0.4 is 10.3 Å². The number of fused-ring (bicyclic) bond motifs is 1. The standard InChI is InChI=1S/C13H9ClN2O2S/c1-18-10-6-7(14)2-3-8(10)11-12-9(4-5-19-12)13(17)16-15-11/h2-6H,1H3,(H,16,17). The van der Waals surface area contributed by atoms with Crippen LogP contribution in [0.5, 0.6) is 5.75 Å². The van der Waals surface area contributed by atoms with Gasteiger partial charge in [-0.15, -0.1) is 11.3 Å². The third kappa shape index (κ3) is 2.01. The summed E-state index contributed by atoms with van der Waals surface area (Å²) in [6.45, 7) is 0. The molecule has 0 aliphatic heterocycles. The maximum Gasteiger partial charge on any atom is 0.272 e. The molecule has 4 nitrogen and oxygen atoms in total. The average molecular weight is 293 g/mol. The fourth-order valence-corrected chi connectivity index (χ4v) is 2.99. The van der Waals surface area contributed by atoms with Crippen LogP contribution in [0.1, 0.15) is 0 Å². The highest BCUT2D eigenvalue weighted by atomic mass is 35.5. The van der Waals surface area contributed by atoms with Crippen LogP contribution >= 0.6 is 22.9 Å². The van der Waals surface area contributed by atoms with E-state index >= 15 is 0 Å². The largest absolute Gasteiger partial charge is 0.496 e.